The fraction of sp³-hybridized carbons (Fsp3) is 0.167. The molecule has 0 aromatic heterocycles. The van der Waals surface area contributed by atoms with Crippen LogP contribution in [0, 0.1) is 0 Å². The minimum Gasteiger partial charge on any atom is -0.383 e. The standard InChI is InChI=1S/C24H23N3O3/c1-30-15-14-25-22-20-18(16-8-4-2-5-9-16)12-13-19(21(20)24(29)27-22)26-23(28)17-10-6-3-7-11-17/h2-13,22,25H,14-15H2,1H3,(H,26,28)(H,27,29). The fourth-order valence-electron chi connectivity index (χ4n) is 3.66. The van der Waals surface area contributed by atoms with Crippen LogP contribution >= 0.6 is 0 Å². The van der Waals surface area contributed by atoms with Gasteiger partial charge < -0.3 is 15.4 Å². The van der Waals surface area contributed by atoms with Crippen LogP contribution in [-0.4, -0.2) is 32.1 Å². The van der Waals surface area contributed by atoms with Gasteiger partial charge in [0.15, 0.2) is 0 Å². The number of carbonyl (C=O) groups is 2. The summed E-state index contributed by atoms with van der Waals surface area (Å²) >= 11 is 0. The molecule has 0 spiro atoms. The summed E-state index contributed by atoms with van der Waals surface area (Å²) in [6.45, 7) is 1.10. The van der Waals surface area contributed by atoms with Crippen LogP contribution in [-0.2, 0) is 4.74 Å². The second-order valence-electron chi connectivity index (χ2n) is 6.99. The second kappa shape index (κ2) is 8.90. The smallest absolute Gasteiger partial charge is 0.255 e. The molecule has 1 unspecified atom stereocenters. The van der Waals surface area contributed by atoms with Crippen LogP contribution < -0.4 is 16.0 Å². The minimum atomic E-state index is -0.369. The van der Waals surface area contributed by atoms with E-state index in [9.17, 15) is 9.59 Å². The number of hydrogen-bond donors (Lipinski definition) is 3. The average molecular weight is 401 g/mol. The lowest BCUT2D eigenvalue weighted by Crippen LogP contribution is -2.33. The lowest BCUT2D eigenvalue weighted by Gasteiger charge is -2.18. The molecule has 3 aromatic carbocycles. The lowest BCUT2D eigenvalue weighted by atomic mass is 9.94. The fourth-order valence-corrected chi connectivity index (χ4v) is 3.66. The number of nitrogens with one attached hydrogen (secondary N) is 3. The highest BCUT2D eigenvalue weighted by Gasteiger charge is 2.34. The van der Waals surface area contributed by atoms with E-state index in [-0.39, 0.29) is 18.0 Å². The predicted octanol–water partition coefficient (Wildman–Crippen LogP) is 3.58. The zero-order chi connectivity index (χ0) is 20.9. The number of carbonyl (C=O) groups excluding carboxylic acids is 2. The Bertz CT molecular complexity index is 1050. The summed E-state index contributed by atoms with van der Waals surface area (Å²) in [6, 6.07) is 22.6. The number of anilines is 1. The van der Waals surface area contributed by atoms with Crippen molar-refractivity contribution >= 4 is 17.5 Å². The largest absolute Gasteiger partial charge is 0.383 e. The van der Waals surface area contributed by atoms with Crippen LogP contribution in [0.5, 0.6) is 0 Å². The Labute approximate surface area is 175 Å². The van der Waals surface area contributed by atoms with Crippen molar-refractivity contribution in [1.82, 2.24) is 10.6 Å². The quantitative estimate of drug-likeness (QED) is 0.529. The summed E-state index contributed by atoms with van der Waals surface area (Å²) in [5.41, 5.74) is 4.28. The first-order valence-electron chi connectivity index (χ1n) is 9.81. The molecule has 0 saturated heterocycles. The van der Waals surface area contributed by atoms with E-state index < -0.39 is 0 Å². The van der Waals surface area contributed by atoms with Crippen LogP contribution in [0.4, 0.5) is 5.69 Å². The third kappa shape index (κ3) is 3.96. The van der Waals surface area contributed by atoms with Gasteiger partial charge in [-0.25, -0.2) is 0 Å². The van der Waals surface area contributed by atoms with Gasteiger partial charge in [-0.15, -0.1) is 0 Å². The Morgan fingerprint density at radius 3 is 2.40 bits per heavy atom. The van der Waals surface area contributed by atoms with E-state index in [1.165, 1.54) is 0 Å². The average Bonchev–Trinajstić information content (AvgIpc) is 3.12. The van der Waals surface area contributed by atoms with Gasteiger partial charge in [0, 0.05) is 24.8 Å². The molecule has 1 atom stereocenters. The molecule has 0 saturated carbocycles. The summed E-state index contributed by atoms with van der Waals surface area (Å²) in [4.78, 5) is 25.6. The first-order chi connectivity index (χ1) is 14.7. The summed E-state index contributed by atoms with van der Waals surface area (Å²) < 4.78 is 5.12. The van der Waals surface area contributed by atoms with Gasteiger partial charge in [-0.3, -0.25) is 14.9 Å². The number of amides is 2. The first-order valence-corrected chi connectivity index (χ1v) is 9.81. The molecule has 0 bridgehead atoms. The maximum atomic E-state index is 12.9. The van der Waals surface area contributed by atoms with Gasteiger partial charge in [0.05, 0.1) is 17.9 Å². The van der Waals surface area contributed by atoms with Crippen LogP contribution in [0.15, 0.2) is 72.8 Å². The molecular weight excluding hydrogens is 378 g/mol. The zero-order valence-electron chi connectivity index (χ0n) is 16.6. The van der Waals surface area contributed by atoms with Crippen LogP contribution in [0.2, 0.25) is 0 Å². The number of fused-ring (bicyclic) bond motifs is 1. The lowest BCUT2D eigenvalue weighted by molar-refractivity contribution is 0.0949. The predicted molar refractivity (Wildman–Crippen MR) is 116 cm³/mol. The molecule has 6 nitrogen and oxygen atoms in total. The molecule has 2 amide bonds. The maximum absolute atomic E-state index is 12.9. The second-order valence-corrected chi connectivity index (χ2v) is 6.99. The van der Waals surface area contributed by atoms with E-state index in [2.05, 4.69) is 16.0 Å². The molecule has 6 heteroatoms. The Kier molecular flexibility index (Phi) is 5.88. The highest BCUT2D eigenvalue weighted by molar-refractivity contribution is 6.12. The monoisotopic (exact) mass is 401 g/mol. The van der Waals surface area contributed by atoms with Crippen LogP contribution in [0.3, 0.4) is 0 Å². The van der Waals surface area contributed by atoms with Crippen molar-refractivity contribution in [2.24, 2.45) is 0 Å². The van der Waals surface area contributed by atoms with Gasteiger partial charge in [0.25, 0.3) is 11.8 Å². The molecule has 30 heavy (non-hydrogen) atoms. The molecule has 0 radical (unpaired) electrons. The van der Waals surface area contributed by atoms with Gasteiger partial charge >= 0.3 is 0 Å². The highest BCUT2D eigenvalue weighted by atomic mass is 16.5. The number of hydrogen-bond acceptors (Lipinski definition) is 4. The Morgan fingerprint density at radius 2 is 1.70 bits per heavy atom. The number of benzene rings is 3. The molecule has 0 fully saturated rings. The Hall–Kier alpha value is -3.48. The van der Waals surface area contributed by atoms with Crippen molar-refractivity contribution in [3.05, 3.63) is 89.5 Å². The first kappa shape index (κ1) is 19.8. The summed E-state index contributed by atoms with van der Waals surface area (Å²) in [6.07, 6.45) is -0.369. The topological polar surface area (TPSA) is 79.5 Å². The van der Waals surface area contributed by atoms with Gasteiger partial charge in [-0.2, -0.15) is 0 Å². The van der Waals surface area contributed by atoms with Crippen LogP contribution in [0.25, 0.3) is 11.1 Å². The molecule has 4 rings (SSSR count). The Balaban J connectivity index is 1.75. The van der Waals surface area contributed by atoms with Gasteiger partial charge in [0.1, 0.15) is 6.17 Å². The SMILES string of the molecule is COCCNC1NC(=O)c2c(NC(=O)c3ccccc3)ccc(-c3ccccc3)c21. The van der Waals surface area contributed by atoms with Gasteiger partial charge in [0.2, 0.25) is 0 Å². The molecular formula is C24H23N3O3. The van der Waals surface area contributed by atoms with E-state index in [4.69, 9.17) is 4.74 Å². The Morgan fingerprint density at radius 1 is 1.00 bits per heavy atom. The van der Waals surface area contributed by atoms with Crippen molar-refractivity contribution < 1.29 is 14.3 Å². The van der Waals surface area contributed by atoms with Crippen molar-refractivity contribution in [2.75, 3.05) is 25.6 Å². The number of methoxy groups -OCH3 is 1. The van der Waals surface area contributed by atoms with E-state index in [1.54, 1.807) is 37.4 Å². The van der Waals surface area contributed by atoms with Gasteiger partial charge in [-0.05, 0) is 29.3 Å². The molecule has 3 N–H and O–H groups in total. The number of rotatable bonds is 7. The van der Waals surface area contributed by atoms with Crippen molar-refractivity contribution in [3.8, 4) is 11.1 Å². The van der Waals surface area contributed by atoms with E-state index in [0.29, 0.717) is 30.0 Å². The third-order valence-electron chi connectivity index (χ3n) is 5.06. The highest BCUT2D eigenvalue weighted by Crippen LogP contribution is 2.38. The van der Waals surface area contributed by atoms with Crippen LogP contribution in [0.1, 0.15) is 32.4 Å². The summed E-state index contributed by atoms with van der Waals surface area (Å²) in [5.74, 6) is -0.477. The number of ether oxygens (including phenoxy) is 1. The van der Waals surface area contributed by atoms with Crippen molar-refractivity contribution in [3.63, 3.8) is 0 Å². The van der Waals surface area contributed by atoms with Gasteiger partial charge in [-0.1, -0.05) is 54.6 Å². The zero-order valence-corrected chi connectivity index (χ0v) is 16.6. The van der Waals surface area contributed by atoms with E-state index in [1.807, 2.05) is 42.5 Å². The molecule has 0 aliphatic carbocycles. The van der Waals surface area contributed by atoms with Crippen molar-refractivity contribution in [1.29, 1.82) is 0 Å². The summed E-state index contributed by atoms with van der Waals surface area (Å²) in [5, 5.41) is 9.21. The van der Waals surface area contributed by atoms with Crippen molar-refractivity contribution in [2.45, 2.75) is 6.17 Å². The van der Waals surface area contributed by atoms with E-state index in [0.717, 1.165) is 16.7 Å². The molecule has 1 heterocycles. The molecule has 152 valence electrons. The summed E-state index contributed by atoms with van der Waals surface area (Å²) in [7, 11) is 1.63. The molecule has 3 aromatic rings. The normalized spacial score (nSPS) is 14.8. The molecule has 1 aliphatic rings. The molecule has 1 aliphatic heterocycles. The minimum absolute atomic E-state index is 0.221. The third-order valence-corrected chi connectivity index (χ3v) is 5.06. The maximum Gasteiger partial charge on any atom is 0.255 e. The van der Waals surface area contributed by atoms with E-state index >= 15 is 0 Å².